The standard InChI is InChI=1S/C21H28N4O2/c1-16-5-4-6-18(15-16)20(26)23-13-14-25-21(22-2)24-12-11-17-7-9-19(27-3)10-8-17/h4-10,15H,11-14H2,1-3H3,(H,23,26)(H2,22,24,25). The molecule has 2 aromatic rings. The first-order chi connectivity index (χ1) is 13.1. The number of hydrogen-bond donors (Lipinski definition) is 3. The first kappa shape index (κ1) is 20.3. The van der Waals surface area contributed by atoms with Crippen molar-refractivity contribution in [3.05, 3.63) is 65.2 Å². The van der Waals surface area contributed by atoms with Crippen LogP contribution in [0.4, 0.5) is 0 Å². The molecule has 0 saturated heterocycles. The molecule has 1 amide bonds. The van der Waals surface area contributed by atoms with E-state index in [1.807, 2.05) is 43.3 Å². The number of carbonyl (C=O) groups is 1. The van der Waals surface area contributed by atoms with Crippen molar-refractivity contribution in [1.29, 1.82) is 0 Å². The van der Waals surface area contributed by atoms with Crippen molar-refractivity contribution in [2.45, 2.75) is 13.3 Å². The molecule has 27 heavy (non-hydrogen) atoms. The molecule has 6 nitrogen and oxygen atoms in total. The van der Waals surface area contributed by atoms with Crippen LogP contribution in [0, 0.1) is 6.92 Å². The van der Waals surface area contributed by atoms with E-state index in [2.05, 4.69) is 33.1 Å². The smallest absolute Gasteiger partial charge is 0.251 e. The van der Waals surface area contributed by atoms with E-state index in [1.165, 1.54) is 5.56 Å². The highest BCUT2D eigenvalue weighted by molar-refractivity contribution is 5.94. The number of carbonyl (C=O) groups excluding carboxylic acids is 1. The maximum Gasteiger partial charge on any atom is 0.251 e. The molecule has 0 heterocycles. The molecule has 2 aromatic carbocycles. The Kier molecular flexibility index (Phi) is 8.16. The molecule has 0 aliphatic carbocycles. The zero-order chi connectivity index (χ0) is 19.5. The number of hydrogen-bond acceptors (Lipinski definition) is 3. The third kappa shape index (κ3) is 7.01. The van der Waals surface area contributed by atoms with Crippen molar-refractivity contribution in [3.8, 4) is 5.75 Å². The zero-order valence-corrected chi connectivity index (χ0v) is 16.2. The number of aliphatic imine (C=N–C) groups is 1. The lowest BCUT2D eigenvalue weighted by Gasteiger charge is -2.12. The maximum atomic E-state index is 12.1. The van der Waals surface area contributed by atoms with E-state index in [-0.39, 0.29) is 5.91 Å². The van der Waals surface area contributed by atoms with Crippen LogP contribution in [0.5, 0.6) is 5.75 Å². The fraction of sp³-hybridized carbons (Fsp3) is 0.333. The highest BCUT2D eigenvalue weighted by atomic mass is 16.5. The second kappa shape index (κ2) is 10.9. The largest absolute Gasteiger partial charge is 0.497 e. The summed E-state index contributed by atoms with van der Waals surface area (Å²) in [6.45, 7) is 3.85. The van der Waals surface area contributed by atoms with Gasteiger partial charge in [-0.25, -0.2) is 0 Å². The Labute approximate surface area is 161 Å². The van der Waals surface area contributed by atoms with Crippen LogP contribution in [-0.4, -0.2) is 45.7 Å². The van der Waals surface area contributed by atoms with Crippen molar-refractivity contribution >= 4 is 11.9 Å². The van der Waals surface area contributed by atoms with Gasteiger partial charge in [-0.3, -0.25) is 9.79 Å². The number of aryl methyl sites for hydroxylation is 1. The quantitative estimate of drug-likeness (QED) is 0.379. The number of nitrogens with zero attached hydrogens (tertiary/aromatic N) is 1. The summed E-state index contributed by atoms with van der Waals surface area (Å²) >= 11 is 0. The molecule has 3 N–H and O–H groups in total. The van der Waals surface area contributed by atoms with Crippen molar-refractivity contribution in [1.82, 2.24) is 16.0 Å². The summed E-state index contributed by atoms with van der Waals surface area (Å²) in [5, 5.41) is 9.37. The molecule has 0 aromatic heterocycles. The molecule has 144 valence electrons. The van der Waals surface area contributed by atoms with Crippen molar-refractivity contribution in [3.63, 3.8) is 0 Å². The van der Waals surface area contributed by atoms with Gasteiger partial charge in [-0.15, -0.1) is 0 Å². The SMILES string of the molecule is CN=C(NCCNC(=O)c1cccc(C)c1)NCCc1ccc(OC)cc1. The van der Waals surface area contributed by atoms with Gasteiger partial charge in [0.1, 0.15) is 5.75 Å². The summed E-state index contributed by atoms with van der Waals surface area (Å²) in [4.78, 5) is 16.3. The van der Waals surface area contributed by atoms with Crippen molar-refractivity contribution in [2.24, 2.45) is 4.99 Å². The Morgan fingerprint density at radius 2 is 1.70 bits per heavy atom. The third-order valence-corrected chi connectivity index (χ3v) is 4.07. The number of rotatable bonds is 8. The molecular weight excluding hydrogens is 340 g/mol. The Bertz CT molecular complexity index is 757. The van der Waals surface area contributed by atoms with Gasteiger partial charge in [-0.05, 0) is 43.2 Å². The Balaban J connectivity index is 1.65. The fourth-order valence-corrected chi connectivity index (χ4v) is 2.58. The summed E-state index contributed by atoms with van der Waals surface area (Å²) in [5.41, 5.74) is 2.98. The molecule has 2 rings (SSSR count). The molecule has 0 aliphatic rings. The molecule has 0 atom stereocenters. The lowest BCUT2D eigenvalue weighted by molar-refractivity contribution is 0.0954. The van der Waals surface area contributed by atoms with Gasteiger partial charge in [-0.1, -0.05) is 29.8 Å². The summed E-state index contributed by atoms with van der Waals surface area (Å²) in [7, 11) is 3.39. The van der Waals surface area contributed by atoms with Crippen LogP contribution in [0.2, 0.25) is 0 Å². The van der Waals surface area contributed by atoms with Crippen LogP contribution in [-0.2, 0) is 6.42 Å². The van der Waals surface area contributed by atoms with Crippen molar-refractivity contribution in [2.75, 3.05) is 33.8 Å². The van der Waals surface area contributed by atoms with Gasteiger partial charge in [0, 0.05) is 32.2 Å². The van der Waals surface area contributed by atoms with Crippen LogP contribution in [0.1, 0.15) is 21.5 Å². The Morgan fingerprint density at radius 3 is 2.37 bits per heavy atom. The first-order valence-electron chi connectivity index (χ1n) is 9.04. The average molecular weight is 368 g/mol. The van der Waals surface area contributed by atoms with Crippen LogP contribution in [0.3, 0.4) is 0 Å². The zero-order valence-electron chi connectivity index (χ0n) is 16.2. The van der Waals surface area contributed by atoms with Gasteiger partial charge in [0.25, 0.3) is 5.91 Å². The van der Waals surface area contributed by atoms with Gasteiger partial charge in [0.15, 0.2) is 5.96 Å². The monoisotopic (exact) mass is 368 g/mol. The predicted molar refractivity (Wildman–Crippen MR) is 110 cm³/mol. The predicted octanol–water partition coefficient (Wildman–Crippen LogP) is 2.14. The maximum absolute atomic E-state index is 12.1. The van der Waals surface area contributed by atoms with E-state index in [0.29, 0.717) is 24.6 Å². The third-order valence-electron chi connectivity index (χ3n) is 4.07. The normalized spacial score (nSPS) is 11.0. The molecule has 0 spiro atoms. The van der Waals surface area contributed by atoms with Crippen LogP contribution in [0.15, 0.2) is 53.5 Å². The van der Waals surface area contributed by atoms with Gasteiger partial charge in [-0.2, -0.15) is 0 Å². The minimum atomic E-state index is -0.0667. The fourth-order valence-electron chi connectivity index (χ4n) is 2.58. The van der Waals surface area contributed by atoms with E-state index in [9.17, 15) is 4.79 Å². The first-order valence-corrected chi connectivity index (χ1v) is 9.04. The van der Waals surface area contributed by atoms with E-state index >= 15 is 0 Å². The second-order valence-corrected chi connectivity index (χ2v) is 6.15. The molecule has 0 bridgehead atoms. The molecule has 0 radical (unpaired) electrons. The molecule has 6 heteroatoms. The number of methoxy groups -OCH3 is 1. The topological polar surface area (TPSA) is 74.8 Å². The summed E-state index contributed by atoms with van der Waals surface area (Å²) in [5.74, 6) is 1.51. The minimum Gasteiger partial charge on any atom is -0.497 e. The molecule has 0 fully saturated rings. The van der Waals surface area contributed by atoms with Gasteiger partial charge < -0.3 is 20.7 Å². The molecule has 0 unspecified atom stereocenters. The van der Waals surface area contributed by atoms with E-state index in [4.69, 9.17) is 4.74 Å². The summed E-state index contributed by atoms with van der Waals surface area (Å²) in [6, 6.07) is 15.6. The number of nitrogens with one attached hydrogen (secondary N) is 3. The molecular formula is C21H28N4O2. The van der Waals surface area contributed by atoms with Crippen molar-refractivity contribution < 1.29 is 9.53 Å². The van der Waals surface area contributed by atoms with Gasteiger partial charge in [0.05, 0.1) is 7.11 Å². The summed E-state index contributed by atoms with van der Waals surface area (Å²) < 4.78 is 5.16. The average Bonchev–Trinajstić information content (AvgIpc) is 2.70. The van der Waals surface area contributed by atoms with Crippen LogP contribution < -0.4 is 20.7 Å². The number of guanidine groups is 1. The Morgan fingerprint density at radius 1 is 1.00 bits per heavy atom. The number of amides is 1. The van der Waals surface area contributed by atoms with E-state index in [1.54, 1.807) is 14.2 Å². The number of ether oxygens (including phenoxy) is 1. The van der Waals surface area contributed by atoms with Crippen LogP contribution >= 0.6 is 0 Å². The highest BCUT2D eigenvalue weighted by Gasteiger charge is 2.04. The second-order valence-electron chi connectivity index (χ2n) is 6.15. The lowest BCUT2D eigenvalue weighted by Crippen LogP contribution is -2.42. The highest BCUT2D eigenvalue weighted by Crippen LogP contribution is 2.11. The van der Waals surface area contributed by atoms with E-state index < -0.39 is 0 Å². The summed E-state index contributed by atoms with van der Waals surface area (Å²) in [6.07, 6.45) is 0.884. The Hall–Kier alpha value is -3.02. The minimum absolute atomic E-state index is 0.0667. The lowest BCUT2D eigenvalue weighted by atomic mass is 10.1. The van der Waals surface area contributed by atoms with Crippen LogP contribution in [0.25, 0.3) is 0 Å². The molecule has 0 aliphatic heterocycles. The van der Waals surface area contributed by atoms with E-state index in [0.717, 1.165) is 24.3 Å². The number of benzene rings is 2. The van der Waals surface area contributed by atoms with Gasteiger partial charge >= 0.3 is 0 Å². The molecule has 0 saturated carbocycles. The van der Waals surface area contributed by atoms with Gasteiger partial charge in [0.2, 0.25) is 0 Å².